The zero-order valence-electron chi connectivity index (χ0n) is 31.3. The van der Waals surface area contributed by atoms with Gasteiger partial charge in [0.2, 0.25) is 0 Å². The van der Waals surface area contributed by atoms with Gasteiger partial charge in [0, 0.05) is 34.1 Å². The van der Waals surface area contributed by atoms with Crippen molar-refractivity contribution in [3.05, 3.63) is 206 Å². The first-order chi connectivity index (χ1) is 28.1. The van der Waals surface area contributed by atoms with Crippen molar-refractivity contribution in [1.29, 1.82) is 0 Å². The normalized spacial score (nSPS) is 11.2. The van der Waals surface area contributed by atoms with Crippen LogP contribution in [0.2, 0.25) is 0 Å². The first-order valence-electron chi connectivity index (χ1n) is 19.2. The highest BCUT2D eigenvalue weighted by molar-refractivity contribution is 6.13. The largest absolute Gasteiger partial charge is 0.261 e. The number of aromatic nitrogens is 4. The Morgan fingerprint density at radius 3 is 1.32 bits per heavy atom. The highest BCUT2D eigenvalue weighted by atomic mass is 15.0. The maximum atomic E-state index is 5.16. The van der Waals surface area contributed by atoms with Gasteiger partial charge in [-0.2, -0.15) is 0 Å². The first-order valence-corrected chi connectivity index (χ1v) is 19.2. The molecule has 2 aromatic heterocycles. The second-order valence-electron chi connectivity index (χ2n) is 14.4. The van der Waals surface area contributed by atoms with Gasteiger partial charge in [-0.05, 0) is 104 Å². The third-order valence-corrected chi connectivity index (χ3v) is 10.6. The van der Waals surface area contributed by atoms with Crippen molar-refractivity contribution in [2.75, 3.05) is 0 Å². The van der Waals surface area contributed by atoms with Gasteiger partial charge in [-0.15, -0.1) is 0 Å². The topological polar surface area (TPSA) is 51.6 Å². The minimum absolute atomic E-state index is 0.620. The molecule has 4 heteroatoms. The zero-order valence-corrected chi connectivity index (χ0v) is 31.3. The van der Waals surface area contributed by atoms with Gasteiger partial charge in [0.15, 0.2) is 17.5 Å². The molecule has 0 aliphatic rings. The van der Waals surface area contributed by atoms with Crippen LogP contribution >= 0.6 is 0 Å². The summed E-state index contributed by atoms with van der Waals surface area (Å²) < 4.78 is 0. The van der Waals surface area contributed by atoms with Crippen LogP contribution in [0.25, 0.3) is 100 Å². The smallest absolute Gasteiger partial charge is 0.164 e. The number of hydrogen-bond donors (Lipinski definition) is 0. The molecular weight excluding hydrogens is 693 g/mol. The maximum Gasteiger partial charge on any atom is 0.164 e. The number of nitrogens with zero attached hydrogens (tertiary/aromatic N) is 4. The Balaban J connectivity index is 1.16. The monoisotopic (exact) mass is 728 g/mol. The van der Waals surface area contributed by atoms with Crippen molar-refractivity contribution in [1.82, 2.24) is 19.9 Å². The molecule has 0 N–H and O–H groups in total. The van der Waals surface area contributed by atoms with Crippen LogP contribution in [0.5, 0.6) is 0 Å². The number of hydrogen-bond acceptors (Lipinski definition) is 4. The van der Waals surface area contributed by atoms with E-state index in [4.69, 9.17) is 15.0 Å². The zero-order chi connectivity index (χ0) is 38.1. The van der Waals surface area contributed by atoms with E-state index >= 15 is 0 Å². The molecule has 0 atom stereocenters. The molecule has 10 rings (SSSR count). The number of pyridine rings is 1. The molecule has 0 radical (unpaired) electrons. The number of rotatable bonds is 7. The standard InChI is InChI=1S/C53H36N4/c1-35-23-24-44(34-54-35)41-20-12-19-40(29-41)36-25-27-37(28-26-36)45-31-46(50-48-21-10-8-17-42(48)30-43-18-9-11-22-49(43)50)33-47(32-45)53-56-51(38-13-4-2-5-14-38)55-52(57-53)39-15-6-3-7-16-39/h2-34H,1H3. The Kier molecular flexibility index (Phi) is 8.69. The lowest BCUT2D eigenvalue weighted by Crippen LogP contribution is -2.00. The summed E-state index contributed by atoms with van der Waals surface area (Å²) in [7, 11) is 0. The molecule has 0 unspecified atom stereocenters. The average molecular weight is 729 g/mol. The van der Waals surface area contributed by atoms with Crippen LogP contribution in [0, 0.1) is 6.92 Å². The molecule has 2 heterocycles. The molecule has 0 saturated carbocycles. The van der Waals surface area contributed by atoms with Crippen LogP contribution in [0.1, 0.15) is 5.69 Å². The van der Waals surface area contributed by atoms with Crippen molar-refractivity contribution in [3.63, 3.8) is 0 Å². The Morgan fingerprint density at radius 1 is 0.298 bits per heavy atom. The average Bonchev–Trinajstić information content (AvgIpc) is 3.29. The van der Waals surface area contributed by atoms with Crippen molar-refractivity contribution >= 4 is 21.5 Å². The predicted molar refractivity (Wildman–Crippen MR) is 235 cm³/mol. The Labute approximate surface area is 331 Å². The van der Waals surface area contributed by atoms with Crippen LogP contribution in [0.3, 0.4) is 0 Å². The first kappa shape index (κ1) is 34.0. The van der Waals surface area contributed by atoms with Crippen molar-refractivity contribution in [2.24, 2.45) is 0 Å². The molecule has 4 nitrogen and oxygen atoms in total. The van der Waals surface area contributed by atoms with E-state index < -0.39 is 0 Å². The summed E-state index contributed by atoms with van der Waals surface area (Å²) >= 11 is 0. The fourth-order valence-electron chi connectivity index (χ4n) is 7.70. The molecule has 8 aromatic carbocycles. The maximum absolute atomic E-state index is 5.16. The van der Waals surface area contributed by atoms with Crippen LogP contribution in [-0.4, -0.2) is 19.9 Å². The summed E-state index contributed by atoms with van der Waals surface area (Å²) in [6, 6.07) is 68.4. The molecule has 0 aliphatic carbocycles. The van der Waals surface area contributed by atoms with Crippen LogP contribution in [0.15, 0.2) is 200 Å². The Bertz CT molecular complexity index is 2940. The number of fused-ring (bicyclic) bond motifs is 2. The van der Waals surface area contributed by atoms with E-state index in [2.05, 4.69) is 138 Å². The summed E-state index contributed by atoms with van der Waals surface area (Å²) in [5.41, 5.74) is 12.8. The third kappa shape index (κ3) is 6.75. The molecule has 0 saturated heterocycles. The third-order valence-electron chi connectivity index (χ3n) is 10.6. The van der Waals surface area contributed by atoms with E-state index in [9.17, 15) is 0 Å². The van der Waals surface area contributed by atoms with Crippen LogP contribution < -0.4 is 0 Å². The molecule has 57 heavy (non-hydrogen) atoms. The predicted octanol–water partition coefficient (Wildman–Crippen LogP) is 13.6. The van der Waals surface area contributed by atoms with Gasteiger partial charge in [0.05, 0.1) is 0 Å². The van der Waals surface area contributed by atoms with Gasteiger partial charge in [-0.3, -0.25) is 4.98 Å². The number of benzene rings is 8. The molecule has 0 bridgehead atoms. The van der Waals surface area contributed by atoms with E-state index in [1.807, 2.05) is 73.8 Å². The van der Waals surface area contributed by atoms with Crippen molar-refractivity contribution in [3.8, 4) is 78.7 Å². The Hall–Kier alpha value is -7.56. The minimum atomic E-state index is 0.620. The minimum Gasteiger partial charge on any atom is -0.261 e. The fourth-order valence-corrected chi connectivity index (χ4v) is 7.70. The van der Waals surface area contributed by atoms with E-state index in [0.29, 0.717) is 17.5 Å². The Morgan fingerprint density at radius 2 is 0.737 bits per heavy atom. The number of aryl methyl sites for hydroxylation is 1. The second-order valence-corrected chi connectivity index (χ2v) is 14.4. The molecule has 0 amide bonds. The lowest BCUT2D eigenvalue weighted by atomic mass is 9.89. The lowest BCUT2D eigenvalue weighted by molar-refractivity contribution is 1.07. The van der Waals surface area contributed by atoms with Crippen LogP contribution in [0.4, 0.5) is 0 Å². The van der Waals surface area contributed by atoms with E-state index in [-0.39, 0.29) is 0 Å². The van der Waals surface area contributed by atoms with Gasteiger partial charge >= 0.3 is 0 Å². The summed E-state index contributed by atoms with van der Waals surface area (Å²) in [4.78, 5) is 19.8. The van der Waals surface area contributed by atoms with Gasteiger partial charge in [0.25, 0.3) is 0 Å². The van der Waals surface area contributed by atoms with Gasteiger partial charge in [-0.1, -0.05) is 158 Å². The SMILES string of the molecule is Cc1ccc(-c2cccc(-c3ccc(-c4cc(-c5nc(-c6ccccc6)nc(-c6ccccc6)n5)cc(-c5c6ccccc6cc6ccccc56)c4)cc3)c2)cn1. The van der Waals surface area contributed by atoms with Gasteiger partial charge < -0.3 is 0 Å². The molecule has 0 spiro atoms. The van der Waals surface area contributed by atoms with E-state index in [1.54, 1.807) is 0 Å². The second kappa shape index (κ2) is 14.6. The summed E-state index contributed by atoms with van der Waals surface area (Å²) in [5.74, 6) is 1.89. The van der Waals surface area contributed by atoms with E-state index in [1.165, 1.54) is 27.1 Å². The van der Waals surface area contributed by atoms with E-state index in [0.717, 1.165) is 61.3 Å². The fraction of sp³-hybridized carbons (Fsp3) is 0.0189. The molecule has 268 valence electrons. The summed E-state index contributed by atoms with van der Waals surface area (Å²) in [5, 5.41) is 4.79. The van der Waals surface area contributed by atoms with Crippen molar-refractivity contribution < 1.29 is 0 Å². The van der Waals surface area contributed by atoms with Gasteiger partial charge in [-0.25, -0.2) is 15.0 Å². The molecular formula is C53H36N4. The summed E-state index contributed by atoms with van der Waals surface area (Å²) in [6.07, 6.45) is 1.94. The highest BCUT2D eigenvalue weighted by Crippen LogP contribution is 2.41. The van der Waals surface area contributed by atoms with Gasteiger partial charge in [0.1, 0.15) is 0 Å². The quantitative estimate of drug-likeness (QED) is 0.153. The molecule has 0 aliphatic heterocycles. The highest BCUT2D eigenvalue weighted by Gasteiger charge is 2.17. The van der Waals surface area contributed by atoms with Crippen LogP contribution in [-0.2, 0) is 0 Å². The molecule has 10 aromatic rings. The summed E-state index contributed by atoms with van der Waals surface area (Å²) in [6.45, 7) is 2.01. The lowest BCUT2D eigenvalue weighted by Gasteiger charge is -2.16. The van der Waals surface area contributed by atoms with Crippen molar-refractivity contribution in [2.45, 2.75) is 6.92 Å². The molecule has 0 fully saturated rings.